The van der Waals surface area contributed by atoms with E-state index in [-0.39, 0.29) is 24.8 Å². The minimum Gasteiger partial charge on any atom is -0.480 e. The summed E-state index contributed by atoms with van der Waals surface area (Å²) >= 11 is 0. The second-order valence-corrected chi connectivity index (χ2v) is 7.69. The minimum absolute atomic E-state index is 0.00718. The van der Waals surface area contributed by atoms with Gasteiger partial charge in [0.15, 0.2) is 0 Å². The summed E-state index contributed by atoms with van der Waals surface area (Å²) in [7, 11) is 0. The zero-order valence-electron chi connectivity index (χ0n) is 12.1. The van der Waals surface area contributed by atoms with E-state index in [2.05, 4.69) is 0 Å². The third-order valence-electron chi connectivity index (χ3n) is 6.36. The Morgan fingerprint density at radius 3 is 2.00 bits per heavy atom. The number of aliphatic hydroxyl groups excluding tert-OH is 1. The van der Waals surface area contributed by atoms with E-state index in [1.807, 2.05) is 0 Å². The molecule has 0 radical (unpaired) electrons. The fraction of sp³-hybridized carbons (Fsp3) is 0.875. The normalized spacial score (nSPS) is 47.9. The van der Waals surface area contributed by atoms with Crippen molar-refractivity contribution < 1.29 is 19.8 Å². The van der Waals surface area contributed by atoms with E-state index in [4.69, 9.17) is 0 Å². The molecule has 0 aromatic heterocycles. The number of β-amino-alcohol motifs (C(OH)–C–C–N with tert-alkyl or cyclic N) is 1. The summed E-state index contributed by atoms with van der Waals surface area (Å²) in [6, 6.07) is -0.829. The molecule has 5 rings (SSSR count). The molecule has 2 N–H and O–H groups in total. The van der Waals surface area contributed by atoms with Gasteiger partial charge in [-0.05, 0) is 55.8 Å². The van der Waals surface area contributed by atoms with Crippen molar-refractivity contribution in [2.45, 2.75) is 50.7 Å². The number of likely N-dealkylation sites (tertiary alicyclic amines) is 1. The Hall–Kier alpha value is -1.10. The molecule has 5 heteroatoms. The van der Waals surface area contributed by atoms with Crippen molar-refractivity contribution in [3.8, 4) is 0 Å². The number of aliphatic carboxylic acids is 1. The topological polar surface area (TPSA) is 77.8 Å². The van der Waals surface area contributed by atoms with Crippen molar-refractivity contribution >= 4 is 11.9 Å². The molecule has 0 aromatic rings. The number of hydrogen-bond donors (Lipinski definition) is 2. The highest BCUT2D eigenvalue weighted by Crippen LogP contribution is 2.57. The van der Waals surface area contributed by atoms with Gasteiger partial charge in [-0.1, -0.05) is 0 Å². The SMILES string of the molecule is O=C(O)[C@@H]1C[C@@H](O)CN1C(=O)C1C2CC3CC(C2)CC1C3. The zero-order valence-corrected chi connectivity index (χ0v) is 12.1. The molecule has 1 aliphatic heterocycles. The predicted octanol–water partition coefficient (Wildman–Crippen LogP) is 1.11. The summed E-state index contributed by atoms with van der Waals surface area (Å²) in [6.45, 7) is 0.193. The Balaban J connectivity index is 1.56. The van der Waals surface area contributed by atoms with E-state index in [0.29, 0.717) is 11.8 Å². The molecule has 1 heterocycles. The van der Waals surface area contributed by atoms with E-state index in [9.17, 15) is 19.8 Å². The highest BCUT2D eigenvalue weighted by molar-refractivity contribution is 5.86. The first-order valence-electron chi connectivity index (χ1n) is 8.24. The van der Waals surface area contributed by atoms with Crippen molar-refractivity contribution in [3.63, 3.8) is 0 Å². The Morgan fingerprint density at radius 2 is 1.48 bits per heavy atom. The standard InChI is InChI=1S/C16H23NO4/c18-12-6-13(16(20)21)17(7-12)15(19)14-10-2-8-1-9(4-10)5-11(14)3-8/h8-14,18H,1-7H2,(H,20,21)/t8?,9?,10?,11?,12-,13+,14?/m1/s1. The Morgan fingerprint density at radius 1 is 0.905 bits per heavy atom. The van der Waals surface area contributed by atoms with Gasteiger partial charge in [-0.25, -0.2) is 4.79 Å². The molecule has 5 fully saturated rings. The van der Waals surface area contributed by atoms with E-state index < -0.39 is 18.1 Å². The Kier molecular flexibility index (Phi) is 3.03. The average molecular weight is 293 g/mol. The maximum Gasteiger partial charge on any atom is 0.326 e. The Labute approximate surface area is 124 Å². The van der Waals surface area contributed by atoms with Crippen LogP contribution in [0.4, 0.5) is 0 Å². The monoisotopic (exact) mass is 293 g/mol. The van der Waals surface area contributed by atoms with Crippen LogP contribution in [0.5, 0.6) is 0 Å². The van der Waals surface area contributed by atoms with Crippen LogP contribution in [0, 0.1) is 29.6 Å². The smallest absolute Gasteiger partial charge is 0.326 e. The van der Waals surface area contributed by atoms with Crippen LogP contribution < -0.4 is 0 Å². The molecular weight excluding hydrogens is 270 g/mol. The second kappa shape index (κ2) is 4.70. The van der Waals surface area contributed by atoms with Crippen LogP contribution in [0.25, 0.3) is 0 Å². The fourth-order valence-electron chi connectivity index (χ4n) is 5.81. The second-order valence-electron chi connectivity index (χ2n) is 7.69. The molecule has 4 bridgehead atoms. The first kappa shape index (κ1) is 13.6. The van der Waals surface area contributed by atoms with Gasteiger partial charge in [-0.2, -0.15) is 0 Å². The summed E-state index contributed by atoms with van der Waals surface area (Å²) in [5.41, 5.74) is 0. The molecule has 4 aliphatic carbocycles. The lowest BCUT2D eigenvalue weighted by molar-refractivity contribution is -0.157. The molecule has 1 saturated heterocycles. The molecule has 0 unspecified atom stereocenters. The van der Waals surface area contributed by atoms with Gasteiger partial charge in [0.05, 0.1) is 6.10 Å². The molecule has 21 heavy (non-hydrogen) atoms. The number of nitrogens with zero attached hydrogens (tertiary/aromatic N) is 1. The number of aliphatic hydroxyl groups is 1. The van der Waals surface area contributed by atoms with Crippen LogP contribution in [-0.2, 0) is 9.59 Å². The summed E-state index contributed by atoms with van der Waals surface area (Å²) in [4.78, 5) is 25.8. The third kappa shape index (κ3) is 2.08. The highest BCUT2D eigenvalue weighted by Gasteiger charge is 2.53. The van der Waals surface area contributed by atoms with Crippen LogP contribution >= 0.6 is 0 Å². The lowest BCUT2D eigenvalue weighted by Crippen LogP contribution is -2.53. The molecule has 0 aromatic carbocycles. The lowest BCUT2D eigenvalue weighted by atomic mass is 9.51. The molecule has 1 amide bonds. The van der Waals surface area contributed by atoms with Crippen LogP contribution in [0.2, 0.25) is 0 Å². The van der Waals surface area contributed by atoms with E-state index in [1.54, 1.807) is 0 Å². The van der Waals surface area contributed by atoms with Crippen LogP contribution in [-0.4, -0.2) is 45.7 Å². The van der Waals surface area contributed by atoms with Crippen molar-refractivity contribution in [1.29, 1.82) is 0 Å². The molecule has 2 atom stereocenters. The van der Waals surface area contributed by atoms with Gasteiger partial charge in [-0.3, -0.25) is 4.79 Å². The number of carbonyl (C=O) groups is 2. The van der Waals surface area contributed by atoms with Crippen molar-refractivity contribution in [1.82, 2.24) is 4.90 Å². The third-order valence-corrected chi connectivity index (χ3v) is 6.36. The van der Waals surface area contributed by atoms with Crippen LogP contribution in [0.15, 0.2) is 0 Å². The van der Waals surface area contributed by atoms with E-state index in [1.165, 1.54) is 11.3 Å². The molecule has 116 valence electrons. The van der Waals surface area contributed by atoms with Gasteiger partial charge in [0, 0.05) is 18.9 Å². The minimum atomic E-state index is -0.983. The number of carboxylic acids is 1. The quantitative estimate of drug-likeness (QED) is 0.799. The maximum atomic E-state index is 12.9. The van der Waals surface area contributed by atoms with E-state index >= 15 is 0 Å². The first-order chi connectivity index (χ1) is 10.0. The number of carbonyl (C=O) groups excluding carboxylic acids is 1. The van der Waals surface area contributed by atoms with Crippen LogP contribution in [0.1, 0.15) is 38.5 Å². The Bertz CT molecular complexity index is 449. The van der Waals surface area contributed by atoms with Gasteiger partial charge in [0.25, 0.3) is 0 Å². The largest absolute Gasteiger partial charge is 0.480 e. The van der Waals surface area contributed by atoms with Gasteiger partial charge >= 0.3 is 5.97 Å². The fourth-order valence-corrected chi connectivity index (χ4v) is 5.81. The molecule has 5 nitrogen and oxygen atoms in total. The zero-order chi connectivity index (χ0) is 14.7. The van der Waals surface area contributed by atoms with Crippen LogP contribution in [0.3, 0.4) is 0 Å². The van der Waals surface area contributed by atoms with Crippen molar-refractivity contribution in [2.75, 3.05) is 6.54 Å². The number of amides is 1. The first-order valence-corrected chi connectivity index (χ1v) is 8.24. The highest BCUT2D eigenvalue weighted by atomic mass is 16.4. The lowest BCUT2D eigenvalue weighted by Gasteiger charge is -2.54. The van der Waals surface area contributed by atoms with Gasteiger partial charge in [-0.15, -0.1) is 0 Å². The summed E-state index contributed by atoms with van der Waals surface area (Å²) in [6.07, 6.45) is 5.43. The summed E-state index contributed by atoms with van der Waals surface area (Å²) < 4.78 is 0. The van der Waals surface area contributed by atoms with Gasteiger partial charge in [0.2, 0.25) is 5.91 Å². The molecule has 5 aliphatic rings. The van der Waals surface area contributed by atoms with Crippen molar-refractivity contribution in [3.05, 3.63) is 0 Å². The average Bonchev–Trinajstić information content (AvgIpc) is 2.79. The number of carboxylic acid groups (broad SMARTS) is 1. The van der Waals surface area contributed by atoms with Crippen molar-refractivity contribution in [2.24, 2.45) is 29.6 Å². The number of hydrogen-bond acceptors (Lipinski definition) is 3. The molecular formula is C16H23NO4. The van der Waals surface area contributed by atoms with Gasteiger partial charge < -0.3 is 15.1 Å². The number of rotatable bonds is 2. The summed E-state index contributed by atoms with van der Waals surface area (Å²) in [5, 5.41) is 19.1. The molecule has 4 saturated carbocycles. The predicted molar refractivity (Wildman–Crippen MR) is 74.3 cm³/mol. The molecule has 0 spiro atoms. The van der Waals surface area contributed by atoms with E-state index in [0.717, 1.165) is 37.5 Å². The van der Waals surface area contributed by atoms with Gasteiger partial charge in [0.1, 0.15) is 6.04 Å². The maximum absolute atomic E-state index is 12.9. The summed E-state index contributed by atoms with van der Waals surface area (Å²) in [5.74, 6) is 1.57.